The largest absolute Gasteiger partial charge is 0.465 e. The number of aromatic nitrogens is 4. The van der Waals surface area contributed by atoms with Crippen LogP contribution in [0.25, 0.3) is 5.69 Å². The molecular weight excluding hydrogens is 334 g/mol. The Balaban J connectivity index is 1.86. The third-order valence-electron chi connectivity index (χ3n) is 3.77. The van der Waals surface area contributed by atoms with Gasteiger partial charge in [0, 0.05) is 30.9 Å². The first-order chi connectivity index (χ1) is 12.5. The van der Waals surface area contributed by atoms with E-state index in [0.717, 1.165) is 24.2 Å². The van der Waals surface area contributed by atoms with E-state index < -0.39 is 6.09 Å². The van der Waals surface area contributed by atoms with Gasteiger partial charge in [0.15, 0.2) is 0 Å². The maximum atomic E-state index is 12.2. The minimum atomic E-state index is -1.13. The first-order valence-electron chi connectivity index (χ1n) is 8.25. The molecule has 2 N–H and O–H groups in total. The predicted molar refractivity (Wildman–Crippen MR) is 96.8 cm³/mol. The van der Waals surface area contributed by atoms with E-state index in [9.17, 15) is 9.59 Å². The van der Waals surface area contributed by atoms with E-state index in [2.05, 4.69) is 22.4 Å². The molecule has 0 spiro atoms. The Hall–Kier alpha value is -3.42. The Kier molecular flexibility index (Phi) is 5.12. The number of nitrogens with one attached hydrogen (secondary N) is 1. The van der Waals surface area contributed by atoms with Crippen molar-refractivity contribution < 1.29 is 9.90 Å². The Bertz CT molecular complexity index is 977. The highest BCUT2D eigenvalue weighted by atomic mass is 16.4. The summed E-state index contributed by atoms with van der Waals surface area (Å²) in [6.45, 7) is 2.89. The highest BCUT2D eigenvalue weighted by Gasteiger charge is 2.08. The van der Waals surface area contributed by atoms with Crippen LogP contribution in [0.3, 0.4) is 0 Å². The minimum absolute atomic E-state index is 0.168. The van der Waals surface area contributed by atoms with Crippen molar-refractivity contribution >= 4 is 11.8 Å². The summed E-state index contributed by atoms with van der Waals surface area (Å²) < 4.78 is 3.45. The standard InChI is InChI=1S/C18H19N5O3/c1-2-7-22-12-15(11-19-22)23-8-6-17(24)16(21-23)10-13-4-3-5-14(9-13)20-18(25)26/h3-6,8-9,11-12,20H,2,7,10H2,1H3,(H,25,26). The molecule has 8 nitrogen and oxygen atoms in total. The summed E-state index contributed by atoms with van der Waals surface area (Å²) in [7, 11) is 0. The Morgan fingerprint density at radius 3 is 2.92 bits per heavy atom. The van der Waals surface area contributed by atoms with Crippen LogP contribution in [0.4, 0.5) is 10.5 Å². The van der Waals surface area contributed by atoms with E-state index >= 15 is 0 Å². The zero-order valence-corrected chi connectivity index (χ0v) is 14.3. The Morgan fingerprint density at radius 1 is 1.31 bits per heavy atom. The lowest BCUT2D eigenvalue weighted by molar-refractivity contribution is 0.210. The zero-order chi connectivity index (χ0) is 18.5. The number of nitrogens with zero attached hydrogens (tertiary/aromatic N) is 4. The number of carbonyl (C=O) groups is 1. The number of carboxylic acid groups (broad SMARTS) is 1. The smallest absolute Gasteiger partial charge is 0.409 e. The summed E-state index contributed by atoms with van der Waals surface area (Å²) in [6, 6.07) is 8.36. The fourth-order valence-corrected chi connectivity index (χ4v) is 2.61. The van der Waals surface area contributed by atoms with Gasteiger partial charge < -0.3 is 5.11 Å². The van der Waals surface area contributed by atoms with Crippen LogP contribution in [0.2, 0.25) is 0 Å². The molecule has 1 aromatic carbocycles. The van der Waals surface area contributed by atoms with E-state index in [1.807, 2.05) is 16.9 Å². The third-order valence-corrected chi connectivity index (χ3v) is 3.77. The van der Waals surface area contributed by atoms with Gasteiger partial charge in [0.25, 0.3) is 0 Å². The van der Waals surface area contributed by atoms with Crippen molar-refractivity contribution in [3.63, 3.8) is 0 Å². The number of amides is 1. The number of hydrogen-bond donors (Lipinski definition) is 2. The van der Waals surface area contributed by atoms with Crippen LogP contribution >= 0.6 is 0 Å². The van der Waals surface area contributed by atoms with Gasteiger partial charge in [0.05, 0.1) is 12.4 Å². The molecule has 3 aromatic rings. The first-order valence-corrected chi connectivity index (χ1v) is 8.25. The average molecular weight is 353 g/mol. The number of aryl methyl sites for hydroxylation is 1. The number of benzene rings is 1. The zero-order valence-electron chi connectivity index (χ0n) is 14.3. The summed E-state index contributed by atoms with van der Waals surface area (Å²) in [5.74, 6) is 0. The molecule has 2 aromatic heterocycles. The maximum Gasteiger partial charge on any atom is 0.409 e. The fraction of sp³-hybridized carbons (Fsp3) is 0.222. The van der Waals surface area contributed by atoms with Crippen LogP contribution in [-0.2, 0) is 13.0 Å². The average Bonchev–Trinajstić information content (AvgIpc) is 3.06. The van der Waals surface area contributed by atoms with E-state index in [0.29, 0.717) is 17.8 Å². The van der Waals surface area contributed by atoms with Crippen LogP contribution in [0.15, 0.2) is 53.7 Å². The molecule has 0 fully saturated rings. The quantitative estimate of drug-likeness (QED) is 0.709. The molecule has 0 atom stereocenters. The lowest BCUT2D eigenvalue weighted by Gasteiger charge is -2.07. The topological polar surface area (TPSA) is 102 Å². The second-order valence-electron chi connectivity index (χ2n) is 5.84. The van der Waals surface area contributed by atoms with Crippen LogP contribution in [0.5, 0.6) is 0 Å². The van der Waals surface area contributed by atoms with Crippen LogP contribution < -0.4 is 10.7 Å². The SMILES string of the molecule is CCCn1cc(-n2ccc(=O)c(Cc3cccc(NC(=O)O)c3)n2)cn1. The van der Waals surface area contributed by atoms with Crippen LogP contribution in [0.1, 0.15) is 24.6 Å². The summed E-state index contributed by atoms with van der Waals surface area (Å²) in [6.07, 6.45) is 5.34. The maximum absolute atomic E-state index is 12.2. The van der Waals surface area contributed by atoms with Crippen molar-refractivity contribution in [1.82, 2.24) is 19.6 Å². The van der Waals surface area contributed by atoms with Crippen molar-refractivity contribution in [1.29, 1.82) is 0 Å². The van der Waals surface area contributed by atoms with Gasteiger partial charge >= 0.3 is 6.09 Å². The second-order valence-corrected chi connectivity index (χ2v) is 5.84. The summed E-state index contributed by atoms with van der Waals surface area (Å²) in [5.41, 5.74) is 2.23. The number of rotatable bonds is 6. The molecular formula is C18H19N5O3. The highest BCUT2D eigenvalue weighted by molar-refractivity contribution is 5.82. The van der Waals surface area contributed by atoms with Crippen molar-refractivity contribution in [2.24, 2.45) is 0 Å². The molecule has 2 heterocycles. The number of hydrogen-bond acceptors (Lipinski definition) is 4. The van der Waals surface area contributed by atoms with Crippen molar-refractivity contribution in [3.05, 3.63) is 70.4 Å². The van der Waals surface area contributed by atoms with Gasteiger partial charge in [-0.2, -0.15) is 10.2 Å². The molecule has 8 heteroatoms. The lowest BCUT2D eigenvalue weighted by atomic mass is 10.1. The Morgan fingerprint density at radius 2 is 2.15 bits per heavy atom. The molecule has 0 aliphatic heterocycles. The lowest BCUT2D eigenvalue weighted by Crippen LogP contribution is -2.16. The normalized spacial score (nSPS) is 10.7. The van der Waals surface area contributed by atoms with Crippen molar-refractivity contribution in [2.45, 2.75) is 26.3 Å². The predicted octanol–water partition coefficient (Wildman–Crippen LogP) is 2.52. The molecule has 26 heavy (non-hydrogen) atoms. The fourth-order valence-electron chi connectivity index (χ4n) is 2.61. The molecule has 0 saturated carbocycles. The third kappa shape index (κ3) is 4.15. The molecule has 0 aliphatic carbocycles. The summed E-state index contributed by atoms with van der Waals surface area (Å²) >= 11 is 0. The van der Waals surface area contributed by atoms with Gasteiger partial charge in [-0.05, 0) is 24.1 Å². The van der Waals surface area contributed by atoms with E-state index in [1.165, 1.54) is 6.07 Å². The molecule has 0 saturated heterocycles. The molecule has 1 amide bonds. The Labute approximate surface area is 149 Å². The van der Waals surface area contributed by atoms with E-state index in [4.69, 9.17) is 5.11 Å². The molecule has 0 unspecified atom stereocenters. The van der Waals surface area contributed by atoms with Gasteiger partial charge in [-0.3, -0.25) is 14.8 Å². The second kappa shape index (κ2) is 7.64. The van der Waals surface area contributed by atoms with Gasteiger partial charge in [0.2, 0.25) is 5.43 Å². The van der Waals surface area contributed by atoms with E-state index in [-0.39, 0.29) is 5.43 Å². The van der Waals surface area contributed by atoms with Gasteiger partial charge in [-0.1, -0.05) is 19.1 Å². The monoisotopic (exact) mass is 353 g/mol. The first kappa shape index (κ1) is 17.4. The minimum Gasteiger partial charge on any atom is -0.465 e. The molecule has 134 valence electrons. The molecule has 0 aliphatic rings. The van der Waals surface area contributed by atoms with Crippen LogP contribution in [0, 0.1) is 0 Å². The van der Waals surface area contributed by atoms with Gasteiger partial charge in [-0.25, -0.2) is 9.48 Å². The van der Waals surface area contributed by atoms with Gasteiger partial charge in [-0.15, -0.1) is 0 Å². The molecule has 0 radical (unpaired) electrons. The molecule has 3 rings (SSSR count). The summed E-state index contributed by atoms with van der Waals surface area (Å²) in [4.78, 5) is 22.9. The number of anilines is 1. The summed E-state index contributed by atoms with van der Waals surface area (Å²) in [5, 5.41) is 19.8. The van der Waals surface area contributed by atoms with Gasteiger partial charge in [0.1, 0.15) is 11.4 Å². The van der Waals surface area contributed by atoms with Crippen LogP contribution in [-0.4, -0.2) is 30.8 Å². The van der Waals surface area contributed by atoms with E-state index in [1.54, 1.807) is 35.3 Å². The van der Waals surface area contributed by atoms with Crippen molar-refractivity contribution in [3.8, 4) is 5.69 Å². The highest BCUT2D eigenvalue weighted by Crippen LogP contribution is 2.13. The van der Waals surface area contributed by atoms with Crippen molar-refractivity contribution in [2.75, 3.05) is 5.32 Å². The molecule has 0 bridgehead atoms.